The van der Waals surface area contributed by atoms with Crippen LogP contribution < -0.4 is 0 Å². The fourth-order valence-corrected chi connectivity index (χ4v) is 9.36. The van der Waals surface area contributed by atoms with Crippen molar-refractivity contribution in [1.82, 2.24) is 0 Å². The zero-order chi connectivity index (χ0) is 25.5. The molecule has 0 bridgehead atoms. The maximum atomic E-state index is 12.2. The van der Waals surface area contributed by atoms with Crippen molar-refractivity contribution in [1.29, 1.82) is 0 Å². The zero-order valence-corrected chi connectivity index (χ0v) is 23.4. The van der Waals surface area contributed by atoms with Gasteiger partial charge in [0.05, 0.1) is 0 Å². The minimum absolute atomic E-state index is 0.0297. The van der Waals surface area contributed by atoms with E-state index < -0.39 is 0 Å². The Morgan fingerprint density at radius 2 is 1.66 bits per heavy atom. The van der Waals surface area contributed by atoms with Crippen LogP contribution in [0.4, 0.5) is 0 Å². The second-order valence-corrected chi connectivity index (χ2v) is 13.5. The lowest BCUT2D eigenvalue weighted by atomic mass is 9.46. The highest BCUT2D eigenvalue weighted by molar-refractivity contribution is 5.67. The summed E-state index contributed by atoms with van der Waals surface area (Å²) in [7, 11) is 0. The Kier molecular flexibility index (Phi) is 7.80. The van der Waals surface area contributed by atoms with Gasteiger partial charge in [-0.3, -0.25) is 9.59 Å². The highest BCUT2D eigenvalue weighted by Gasteiger charge is 2.61. The first-order chi connectivity index (χ1) is 16.5. The molecule has 4 rings (SSSR count). The number of hydrogen-bond donors (Lipinski definition) is 0. The van der Waals surface area contributed by atoms with Crippen LogP contribution in [-0.2, 0) is 19.1 Å². The molecular weight excluding hydrogens is 436 g/mol. The summed E-state index contributed by atoms with van der Waals surface area (Å²) in [6.45, 7) is 15.2. The highest BCUT2D eigenvalue weighted by atomic mass is 16.5. The van der Waals surface area contributed by atoms with Crippen molar-refractivity contribution in [2.45, 2.75) is 125 Å². The Hall–Kier alpha value is -1.32. The van der Waals surface area contributed by atoms with Crippen LogP contribution in [0.15, 0.2) is 11.6 Å². The monoisotopic (exact) mass is 486 g/mol. The number of carbonyl (C=O) groups excluding carboxylic acids is 2. The van der Waals surface area contributed by atoms with Gasteiger partial charge in [0.25, 0.3) is 0 Å². The quantitative estimate of drug-likeness (QED) is 0.276. The van der Waals surface area contributed by atoms with E-state index in [-0.39, 0.29) is 29.6 Å². The first-order valence-electron chi connectivity index (χ1n) is 14.5. The maximum absolute atomic E-state index is 12.2. The van der Waals surface area contributed by atoms with Gasteiger partial charge in [-0.25, -0.2) is 0 Å². The summed E-state index contributed by atoms with van der Waals surface area (Å²) in [4.78, 5) is 23.8. The van der Waals surface area contributed by atoms with Gasteiger partial charge in [0.15, 0.2) is 0 Å². The summed E-state index contributed by atoms with van der Waals surface area (Å²) < 4.78 is 11.6. The molecule has 4 aliphatic carbocycles. The van der Waals surface area contributed by atoms with E-state index in [1.165, 1.54) is 64.4 Å². The maximum Gasteiger partial charge on any atom is 0.303 e. The molecule has 0 aliphatic heterocycles. The number of esters is 2. The van der Waals surface area contributed by atoms with Gasteiger partial charge in [-0.05, 0) is 103 Å². The first kappa shape index (κ1) is 26.7. The number of carbonyl (C=O) groups is 2. The smallest absolute Gasteiger partial charge is 0.303 e. The van der Waals surface area contributed by atoms with E-state index in [2.05, 4.69) is 40.7 Å². The van der Waals surface area contributed by atoms with E-state index in [9.17, 15) is 9.59 Å². The molecule has 0 aromatic rings. The Balaban J connectivity index is 1.58. The van der Waals surface area contributed by atoms with Crippen molar-refractivity contribution < 1.29 is 19.1 Å². The van der Waals surface area contributed by atoms with Crippen LogP contribution in [0.2, 0.25) is 0 Å². The normalized spacial score (nSPS) is 41.3. The minimum Gasteiger partial charge on any atom is -0.458 e. The lowest BCUT2D eigenvalue weighted by molar-refractivity contribution is -0.155. The van der Waals surface area contributed by atoms with Gasteiger partial charge in [0.2, 0.25) is 0 Å². The van der Waals surface area contributed by atoms with Crippen LogP contribution in [0.3, 0.4) is 0 Å². The van der Waals surface area contributed by atoms with Crippen molar-refractivity contribution in [2.24, 2.45) is 46.3 Å². The molecule has 0 aromatic heterocycles. The molecule has 4 heteroatoms. The second kappa shape index (κ2) is 10.2. The SMILES string of the molecule is CC(=O)O[C@H]1C[C@H]2[C@@H]3CC[C@H]([C@H](C)CCCC(C)C)[C@@]3(C)CC[C@@H]2[C@@]2(C)CC[C@@H](OC(C)=O)C=C12. The van der Waals surface area contributed by atoms with Crippen LogP contribution in [0.25, 0.3) is 0 Å². The molecule has 198 valence electrons. The van der Waals surface area contributed by atoms with E-state index >= 15 is 0 Å². The van der Waals surface area contributed by atoms with E-state index in [0.29, 0.717) is 17.3 Å². The van der Waals surface area contributed by atoms with E-state index in [1.54, 1.807) is 0 Å². The van der Waals surface area contributed by atoms with Gasteiger partial charge in [-0.15, -0.1) is 0 Å². The van der Waals surface area contributed by atoms with Crippen LogP contribution >= 0.6 is 0 Å². The predicted molar refractivity (Wildman–Crippen MR) is 140 cm³/mol. The van der Waals surface area contributed by atoms with Crippen molar-refractivity contribution in [2.75, 3.05) is 0 Å². The lowest BCUT2D eigenvalue weighted by Gasteiger charge is -2.60. The third kappa shape index (κ3) is 5.10. The molecule has 0 spiro atoms. The van der Waals surface area contributed by atoms with Crippen LogP contribution in [-0.4, -0.2) is 24.1 Å². The largest absolute Gasteiger partial charge is 0.458 e. The molecule has 0 aromatic carbocycles. The fraction of sp³-hybridized carbons (Fsp3) is 0.871. The second-order valence-electron chi connectivity index (χ2n) is 13.5. The van der Waals surface area contributed by atoms with Gasteiger partial charge < -0.3 is 9.47 Å². The highest BCUT2D eigenvalue weighted by Crippen LogP contribution is 2.68. The summed E-state index contributed by atoms with van der Waals surface area (Å²) in [6.07, 6.45) is 13.9. The van der Waals surface area contributed by atoms with Crippen LogP contribution in [0.1, 0.15) is 113 Å². The first-order valence-corrected chi connectivity index (χ1v) is 14.5. The number of fused-ring (bicyclic) bond motifs is 5. The van der Waals surface area contributed by atoms with Crippen molar-refractivity contribution in [3.05, 3.63) is 11.6 Å². The molecule has 9 atom stereocenters. The molecule has 4 aliphatic rings. The van der Waals surface area contributed by atoms with Gasteiger partial charge in [-0.1, -0.05) is 53.9 Å². The summed E-state index contributed by atoms with van der Waals surface area (Å²) >= 11 is 0. The number of ether oxygens (including phenoxy) is 2. The number of rotatable bonds is 7. The van der Waals surface area contributed by atoms with Crippen molar-refractivity contribution >= 4 is 11.9 Å². The van der Waals surface area contributed by atoms with Crippen molar-refractivity contribution in [3.8, 4) is 0 Å². The molecular formula is C31H50O4. The molecule has 4 nitrogen and oxygen atoms in total. The molecule has 0 amide bonds. The van der Waals surface area contributed by atoms with E-state index in [4.69, 9.17) is 9.47 Å². The van der Waals surface area contributed by atoms with Crippen LogP contribution in [0, 0.1) is 46.3 Å². The zero-order valence-electron chi connectivity index (χ0n) is 23.4. The molecule has 3 fully saturated rings. The third-order valence-corrected chi connectivity index (χ3v) is 10.9. The summed E-state index contributed by atoms with van der Waals surface area (Å²) in [6, 6.07) is 0. The number of hydrogen-bond acceptors (Lipinski definition) is 4. The summed E-state index contributed by atoms with van der Waals surface area (Å²) in [5.41, 5.74) is 1.67. The van der Waals surface area contributed by atoms with Gasteiger partial charge in [0.1, 0.15) is 12.2 Å². The van der Waals surface area contributed by atoms with Gasteiger partial charge in [-0.2, -0.15) is 0 Å². The van der Waals surface area contributed by atoms with Crippen LogP contribution in [0.5, 0.6) is 0 Å². The summed E-state index contributed by atoms with van der Waals surface area (Å²) in [5.74, 6) is 3.93. The van der Waals surface area contributed by atoms with E-state index in [1.807, 2.05) is 0 Å². The molecule has 35 heavy (non-hydrogen) atoms. The molecule has 3 saturated carbocycles. The Morgan fingerprint density at radius 3 is 2.31 bits per heavy atom. The molecule has 0 saturated heterocycles. The standard InChI is InChI=1S/C31H50O4/c1-19(2)9-8-10-20(3)25-11-12-26-24-18-29(35-22(5)33)28-17-23(34-21(4)32)13-15-31(28,7)27(24)14-16-30(25,26)6/h17,19-20,23-27,29H,8-16,18H2,1-7H3/t20-,23-,24+,25-,26+,27+,29+,30-,31-/m1/s1. The fourth-order valence-electron chi connectivity index (χ4n) is 9.36. The minimum atomic E-state index is -0.235. The molecule has 0 heterocycles. The van der Waals surface area contributed by atoms with Gasteiger partial charge in [0, 0.05) is 13.8 Å². The van der Waals surface area contributed by atoms with Crippen molar-refractivity contribution in [3.63, 3.8) is 0 Å². The predicted octanol–water partition coefficient (Wildman–Crippen LogP) is 7.50. The lowest BCUT2D eigenvalue weighted by Crippen LogP contribution is -2.55. The third-order valence-electron chi connectivity index (χ3n) is 10.9. The topological polar surface area (TPSA) is 52.6 Å². The Bertz CT molecular complexity index is 830. The van der Waals surface area contributed by atoms with Gasteiger partial charge >= 0.3 is 11.9 Å². The Morgan fingerprint density at radius 1 is 0.943 bits per heavy atom. The van der Waals surface area contributed by atoms with E-state index in [0.717, 1.165) is 42.9 Å². The summed E-state index contributed by atoms with van der Waals surface area (Å²) in [5, 5.41) is 0. The molecule has 0 radical (unpaired) electrons. The average molecular weight is 487 g/mol. The molecule has 0 unspecified atom stereocenters. The average Bonchev–Trinajstić information content (AvgIpc) is 3.11. The Labute approximate surface area is 214 Å². The molecule has 0 N–H and O–H groups in total.